The van der Waals surface area contributed by atoms with Crippen molar-refractivity contribution in [3.05, 3.63) is 29.6 Å². The smallest absolute Gasteiger partial charge is 0.191 e. The lowest BCUT2D eigenvalue weighted by Gasteiger charge is -2.23. The van der Waals surface area contributed by atoms with Gasteiger partial charge in [0, 0.05) is 24.9 Å². The Kier molecular flexibility index (Phi) is 9.82. The number of aliphatic imine (C=N–C) groups is 1. The van der Waals surface area contributed by atoms with Crippen LogP contribution in [0.3, 0.4) is 0 Å². The Balaban J connectivity index is 0.00000441. The average molecular weight is 441 g/mol. The maximum atomic E-state index is 13.6. The van der Waals surface area contributed by atoms with Gasteiger partial charge in [0.1, 0.15) is 0 Å². The summed E-state index contributed by atoms with van der Waals surface area (Å²) in [6, 6.07) is 4.92. The van der Waals surface area contributed by atoms with Gasteiger partial charge in [-0.05, 0) is 37.8 Å². The fourth-order valence-electron chi connectivity index (χ4n) is 1.59. The molecule has 0 atom stereocenters. The third-order valence-corrected chi connectivity index (χ3v) is 4.38. The van der Waals surface area contributed by atoms with Crippen LogP contribution in [0.2, 0.25) is 0 Å². The molecule has 0 saturated carbocycles. The lowest BCUT2D eigenvalue weighted by atomic mass is 10.2. The Labute approximate surface area is 153 Å². The number of hydrogen-bond acceptors (Lipinski definition) is 3. The molecule has 0 aliphatic heterocycles. The number of halogens is 2. The summed E-state index contributed by atoms with van der Waals surface area (Å²) in [6.07, 6.45) is 2.08. The molecule has 7 heteroatoms. The molecule has 1 rings (SSSR count). The standard InChI is InChI=1S/C15H24FN3OS.HI/c1-15(2,21-5)10-19-14(17-3)18-9-11-6-7-13(20-4)12(16)8-11;/h6-8H,9-10H2,1-5H3,(H2,17,18,19);1H. The largest absolute Gasteiger partial charge is 0.494 e. The van der Waals surface area contributed by atoms with Crippen molar-refractivity contribution < 1.29 is 9.13 Å². The van der Waals surface area contributed by atoms with Gasteiger partial charge in [-0.3, -0.25) is 4.99 Å². The quantitative estimate of drug-likeness (QED) is 0.404. The van der Waals surface area contributed by atoms with E-state index in [0.717, 1.165) is 12.1 Å². The van der Waals surface area contributed by atoms with Crippen LogP contribution >= 0.6 is 35.7 Å². The van der Waals surface area contributed by atoms with Gasteiger partial charge >= 0.3 is 0 Å². The molecule has 0 spiro atoms. The molecule has 0 aliphatic carbocycles. The predicted octanol–water partition coefficient (Wildman–Crippen LogP) is 3.26. The van der Waals surface area contributed by atoms with Crippen molar-refractivity contribution >= 4 is 41.7 Å². The van der Waals surface area contributed by atoms with Gasteiger partial charge in [0.25, 0.3) is 0 Å². The average Bonchev–Trinajstić information content (AvgIpc) is 2.47. The van der Waals surface area contributed by atoms with Crippen LogP contribution in [-0.2, 0) is 6.54 Å². The molecule has 0 amide bonds. The molecule has 0 aliphatic rings. The third-order valence-electron chi connectivity index (χ3n) is 3.13. The molecule has 0 heterocycles. The minimum absolute atomic E-state index is 0. The molecule has 22 heavy (non-hydrogen) atoms. The van der Waals surface area contributed by atoms with Crippen molar-refractivity contribution in [2.75, 3.05) is 27.0 Å². The van der Waals surface area contributed by atoms with E-state index in [9.17, 15) is 4.39 Å². The van der Waals surface area contributed by atoms with Crippen LogP contribution in [0, 0.1) is 5.82 Å². The maximum absolute atomic E-state index is 13.6. The molecule has 4 nitrogen and oxygen atoms in total. The second kappa shape index (κ2) is 10.1. The van der Waals surface area contributed by atoms with Gasteiger partial charge in [-0.25, -0.2) is 4.39 Å². The highest BCUT2D eigenvalue weighted by molar-refractivity contribution is 14.0. The Hall–Kier alpha value is -0.700. The third kappa shape index (κ3) is 7.04. The number of ether oxygens (including phenoxy) is 1. The number of nitrogens with zero attached hydrogens (tertiary/aromatic N) is 1. The van der Waals surface area contributed by atoms with Gasteiger partial charge in [0.15, 0.2) is 17.5 Å². The van der Waals surface area contributed by atoms with Crippen molar-refractivity contribution in [2.24, 2.45) is 4.99 Å². The Bertz CT molecular complexity index is 498. The molecule has 1 aromatic rings. The van der Waals surface area contributed by atoms with Gasteiger partial charge < -0.3 is 15.4 Å². The van der Waals surface area contributed by atoms with E-state index in [2.05, 4.69) is 35.7 Å². The summed E-state index contributed by atoms with van der Waals surface area (Å²) in [7, 11) is 3.17. The topological polar surface area (TPSA) is 45.7 Å². The second-order valence-corrected chi connectivity index (χ2v) is 6.73. The van der Waals surface area contributed by atoms with Crippen LogP contribution in [0.15, 0.2) is 23.2 Å². The zero-order valence-electron chi connectivity index (χ0n) is 13.7. The summed E-state index contributed by atoms with van der Waals surface area (Å²) < 4.78 is 18.6. The highest BCUT2D eigenvalue weighted by atomic mass is 127. The normalized spacial score (nSPS) is 11.6. The van der Waals surface area contributed by atoms with E-state index in [0.29, 0.717) is 12.5 Å². The summed E-state index contributed by atoms with van der Waals surface area (Å²) in [5, 5.41) is 6.44. The summed E-state index contributed by atoms with van der Waals surface area (Å²) in [6.45, 7) is 5.62. The molecule has 0 saturated heterocycles. The minimum Gasteiger partial charge on any atom is -0.494 e. The fraction of sp³-hybridized carbons (Fsp3) is 0.533. The Morgan fingerprint density at radius 2 is 2.05 bits per heavy atom. The first-order chi connectivity index (χ1) is 9.91. The van der Waals surface area contributed by atoms with Crippen LogP contribution in [0.4, 0.5) is 4.39 Å². The monoisotopic (exact) mass is 441 g/mol. The molecule has 0 aromatic heterocycles. The lowest BCUT2D eigenvalue weighted by molar-refractivity contribution is 0.386. The zero-order valence-corrected chi connectivity index (χ0v) is 16.8. The minimum atomic E-state index is -0.358. The van der Waals surface area contributed by atoms with Gasteiger partial charge in [0.05, 0.1) is 7.11 Å². The van der Waals surface area contributed by atoms with E-state index in [1.165, 1.54) is 13.2 Å². The number of hydrogen-bond donors (Lipinski definition) is 2. The second-order valence-electron chi connectivity index (χ2n) is 5.21. The first-order valence-electron chi connectivity index (χ1n) is 6.74. The maximum Gasteiger partial charge on any atom is 0.191 e. The first kappa shape index (κ1) is 21.3. The number of thioether (sulfide) groups is 1. The molecule has 0 bridgehead atoms. The molecule has 0 radical (unpaired) electrons. The van der Waals surface area contributed by atoms with Crippen molar-refractivity contribution in [3.8, 4) is 5.75 Å². The SMILES string of the molecule is CN=C(NCc1ccc(OC)c(F)c1)NCC(C)(C)SC.I. The van der Waals surface area contributed by atoms with E-state index in [1.807, 2.05) is 6.07 Å². The zero-order chi connectivity index (χ0) is 15.9. The van der Waals surface area contributed by atoms with Gasteiger partial charge in [-0.2, -0.15) is 11.8 Å². The summed E-state index contributed by atoms with van der Waals surface area (Å²) >= 11 is 1.79. The number of methoxy groups -OCH3 is 1. The van der Waals surface area contributed by atoms with Crippen molar-refractivity contribution in [1.82, 2.24) is 10.6 Å². The highest BCUT2D eigenvalue weighted by Gasteiger charge is 2.16. The number of rotatable bonds is 6. The Morgan fingerprint density at radius 3 is 2.55 bits per heavy atom. The molecule has 0 fully saturated rings. The van der Waals surface area contributed by atoms with Crippen molar-refractivity contribution in [2.45, 2.75) is 25.1 Å². The lowest BCUT2D eigenvalue weighted by Crippen LogP contribution is -2.42. The molecular formula is C15H25FIN3OS. The van der Waals surface area contributed by atoms with Crippen LogP contribution in [0.5, 0.6) is 5.75 Å². The molecule has 1 aromatic carbocycles. The van der Waals surface area contributed by atoms with Crippen molar-refractivity contribution in [1.29, 1.82) is 0 Å². The number of guanidine groups is 1. The summed E-state index contributed by atoms with van der Waals surface area (Å²) in [5.74, 6) is 0.597. The van der Waals surface area contributed by atoms with Crippen LogP contribution in [-0.4, -0.2) is 37.7 Å². The summed E-state index contributed by atoms with van der Waals surface area (Å²) in [4.78, 5) is 4.16. The van der Waals surface area contributed by atoms with Gasteiger partial charge in [-0.15, -0.1) is 24.0 Å². The van der Waals surface area contributed by atoms with Crippen LogP contribution < -0.4 is 15.4 Å². The highest BCUT2D eigenvalue weighted by Crippen LogP contribution is 2.19. The van der Waals surface area contributed by atoms with Gasteiger partial charge in [-0.1, -0.05) is 6.07 Å². The van der Waals surface area contributed by atoms with Gasteiger partial charge in [0.2, 0.25) is 0 Å². The van der Waals surface area contributed by atoms with Crippen molar-refractivity contribution in [3.63, 3.8) is 0 Å². The van der Waals surface area contributed by atoms with E-state index in [1.54, 1.807) is 24.9 Å². The van der Waals surface area contributed by atoms with E-state index in [-0.39, 0.29) is 40.3 Å². The molecule has 126 valence electrons. The predicted molar refractivity (Wildman–Crippen MR) is 104 cm³/mol. The summed E-state index contributed by atoms with van der Waals surface area (Å²) in [5.41, 5.74) is 0.834. The fourth-order valence-corrected chi connectivity index (χ4v) is 1.81. The first-order valence-corrected chi connectivity index (χ1v) is 7.96. The van der Waals surface area contributed by atoms with E-state index < -0.39 is 0 Å². The van der Waals surface area contributed by atoms with Crippen LogP contribution in [0.25, 0.3) is 0 Å². The van der Waals surface area contributed by atoms with E-state index >= 15 is 0 Å². The molecule has 0 unspecified atom stereocenters. The number of benzene rings is 1. The number of nitrogens with one attached hydrogen (secondary N) is 2. The van der Waals surface area contributed by atoms with E-state index in [4.69, 9.17) is 4.74 Å². The molecule has 2 N–H and O–H groups in total. The van der Waals surface area contributed by atoms with Crippen LogP contribution in [0.1, 0.15) is 19.4 Å². The molecular weight excluding hydrogens is 416 g/mol. The Morgan fingerprint density at radius 1 is 1.36 bits per heavy atom.